The van der Waals surface area contributed by atoms with Crippen LogP contribution in [0.2, 0.25) is 5.15 Å². The average molecular weight is 368 g/mol. The number of hydrogen-bond donors (Lipinski definition) is 1. The molecule has 2 aromatic carbocycles. The van der Waals surface area contributed by atoms with Crippen molar-refractivity contribution in [2.24, 2.45) is 5.10 Å². The summed E-state index contributed by atoms with van der Waals surface area (Å²) in [5, 5.41) is 5.18. The molecule has 132 valence electrons. The van der Waals surface area contributed by atoms with Crippen LogP contribution in [0, 0.1) is 0 Å². The summed E-state index contributed by atoms with van der Waals surface area (Å²) in [6.45, 7) is 2.07. The highest BCUT2D eigenvalue weighted by atomic mass is 35.5. The standard InChI is InChI=1S/C20H18ClN3O2/c1-3-13-4-6-14(7-5-13)20(25)24-22-12-16-10-15-11-17(26-2)8-9-18(15)23-19(16)21/h4-12H,3H2,1-2H3,(H,24,25)/b22-12-. The van der Waals surface area contributed by atoms with Gasteiger partial charge in [0.25, 0.3) is 5.91 Å². The summed E-state index contributed by atoms with van der Waals surface area (Å²) in [6.07, 6.45) is 2.41. The number of carbonyl (C=O) groups is 1. The minimum atomic E-state index is -0.282. The number of ether oxygens (including phenoxy) is 1. The van der Waals surface area contributed by atoms with Crippen molar-refractivity contribution in [2.75, 3.05) is 7.11 Å². The Bertz CT molecular complexity index is 969. The molecular weight excluding hydrogens is 350 g/mol. The molecule has 1 aromatic heterocycles. The first kappa shape index (κ1) is 17.9. The number of nitrogens with zero attached hydrogens (tertiary/aromatic N) is 2. The van der Waals surface area contributed by atoms with E-state index < -0.39 is 0 Å². The minimum Gasteiger partial charge on any atom is -0.497 e. The Balaban J connectivity index is 1.76. The van der Waals surface area contributed by atoms with Crippen LogP contribution in [0.4, 0.5) is 0 Å². The van der Waals surface area contributed by atoms with Gasteiger partial charge in [-0.3, -0.25) is 4.79 Å². The number of rotatable bonds is 5. The van der Waals surface area contributed by atoms with E-state index in [1.54, 1.807) is 19.2 Å². The maximum Gasteiger partial charge on any atom is 0.271 e. The van der Waals surface area contributed by atoms with Gasteiger partial charge in [0.1, 0.15) is 10.9 Å². The molecule has 0 fully saturated rings. The van der Waals surface area contributed by atoms with Crippen molar-refractivity contribution in [3.05, 3.63) is 70.4 Å². The van der Waals surface area contributed by atoms with Crippen molar-refractivity contribution in [1.29, 1.82) is 0 Å². The maximum absolute atomic E-state index is 12.1. The Hall–Kier alpha value is -2.92. The van der Waals surface area contributed by atoms with E-state index >= 15 is 0 Å². The number of fused-ring (bicyclic) bond motifs is 1. The number of carbonyl (C=O) groups excluding carboxylic acids is 1. The summed E-state index contributed by atoms with van der Waals surface area (Å²) in [5.74, 6) is 0.448. The van der Waals surface area contributed by atoms with Gasteiger partial charge >= 0.3 is 0 Å². The van der Waals surface area contributed by atoms with Crippen LogP contribution in [0.1, 0.15) is 28.4 Å². The zero-order valence-electron chi connectivity index (χ0n) is 14.5. The third kappa shape index (κ3) is 4.00. The second-order valence-corrected chi connectivity index (χ2v) is 6.03. The van der Waals surface area contributed by atoms with Gasteiger partial charge in [-0.05, 0) is 48.4 Å². The number of pyridine rings is 1. The SMILES string of the molecule is CCc1ccc(C(=O)N/N=C\c2cc3cc(OC)ccc3nc2Cl)cc1. The van der Waals surface area contributed by atoms with Crippen LogP contribution in [0.5, 0.6) is 5.75 Å². The quantitative estimate of drug-likeness (QED) is 0.417. The first-order chi connectivity index (χ1) is 12.6. The zero-order chi connectivity index (χ0) is 18.5. The lowest BCUT2D eigenvalue weighted by Crippen LogP contribution is -2.17. The van der Waals surface area contributed by atoms with E-state index in [-0.39, 0.29) is 5.91 Å². The summed E-state index contributed by atoms with van der Waals surface area (Å²) in [4.78, 5) is 16.5. The van der Waals surface area contributed by atoms with Crippen molar-refractivity contribution in [3.63, 3.8) is 0 Å². The molecule has 5 nitrogen and oxygen atoms in total. The summed E-state index contributed by atoms with van der Waals surface area (Å²) < 4.78 is 5.22. The lowest BCUT2D eigenvalue weighted by atomic mass is 10.1. The molecule has 0 saturated carbocycles. The van der Waals surface area contributed by atoms with E-state index in [0.717, 1.165) is 23.1 Å². The van der Waals surface area contributed by atoms with Crippen LogP contribution in [-0.2, 0) is 6.42 Å². The second kappa shape index (κ2) is 7.97. The predicted molar refractivity (Wildman–Crippen MR) is 104 cm³/mol. The molecule has 1 amide bonds. The summed E-state index contributed by atoms with van der Waals surface area (Å²) in [5.41, 5.74) is 5.59. The lowest BCUT2D eigenvalue weighted by Gasteiger charge is -2.05. The number of nitrogens with one attached hydrogen (secondary N) is 1. The number of hydrogen-bond acceptors (Lipinski definition) is 4. The molecular formula is C20H18ClN3O2. The number of aromatic nitrogens is 1. The van der Waals surface area contributed by atoms with Crippen molar-refractivity contribution in [3.8, 4) is 5.75 Å². The van der Waals surface area contributed by atoms with Gasteiger partial charge in [0, 0.05) is 16.5 Å². The number of methoxy groups -OCH3 is 1. The molecule has 3 rings (SSSR count). The fraction of sp³-hybridized carbons (Fsp3) is 0.150. The van der Waals surface area contributed by atoms with Crippen LogP contribution >= 0.6 is 11.6 Å². The summed E-state index contributed by atoms with van der Waals surface area (Å²) in [6, 6.07) is 14.8. The van der Waals surface area contributed by atoms with Crippen LogP contribution < -0.4 is 10.2 Å². The minimum absolute atomic E-state index is 0.282. The first-order valence-electron chi connectivity index (χ1n) is 8.17. The lowest BCUT2D eigenvalue weighted by molar-refractivity contribution is 0.0955. The molecule has 26 heavy (non-hydrogen) atoms. The van der Waals surface area contributed by atoms with Gasteiger partial charge in [-0.15, -0.1) is 0 Å². The van der Waals surface area contributed by atoms with Gasteiger partial charge in [-0.2, -0.15) is 5.10 Å². The molecule has 0 aliphatic rings. The maximum atomic E-state index is 12.1. The molecule has 0 unspecified atom stereocenters. The van der Waals surface area contributed by atoms with Gasteiger partial charge in [0.05, 0.1) is 18.8 Å². The average Bonchev–Trinajstić information content (AvgIpc) is 2.68. The largest absolute Gasteiger partial charge is 0.497 e. The van der Waals surface area contributed by atoms with E-state index in [9.17, 15) is 4.79 Å². The summed E-state index contributed by atoms with van der Waals surface area (Å²) >= 11 is 6.20. The van der Waals surface area contributed by atoms with Crippen LogP contribution in [0.3, 0.4) is 0 Å². The van der Waals surface area contributed by atoms with Gasteiger partial charge in [-0.1, -0.05) is 30.7 Å². The normalized spacial score (nSPS) is 11.0. The topological polar surface area (TPSA) is 63.6 Å². The molecule has 0 aliphatic heterocycles. The molecule has 3 aromatic rings. The molecule has 0 spiro atoms. The Labute approximate surface area is 156 Å². The van der Waals surface area contributed by atoms with E-state index in [4.69, 9.17) is 16.3 Å². The summed E-state index contributed by atoms with van der Waals surface area (Å²) in [7, 11) is 1.61. The zero-order valence-corrected chi connectivity index (χ0v) is 15.2. The first-order valence-corrected chi connectivity index (χ1v) is 8.55. The molecule has 1 heterocycles. The highest BCUT2D eigenvalue weighted by molar-refractivity contribution is 6.32. The molecule has 6 heteroatoms. The molecule has 0 atom stereocenters. The highest BCUT2D eigenvalue weighted by Gasteiger charge is 2.06. The number of benzene rings is 2. The van der Waals surface area contributed by atoms with Crippen molar-refractivity contribution in [1.82, 2.24) is 10.4 Å². The molecule has 0 bridgehead atoms. The number of amides is 1. The van der Waals surface area contributed by atoms with Crippen molar-refractivity contribution in [2.45, 2.75) is 13.3 Å². The monoisotopic (exact) mass is 367 g/mol. The third-order valence-corrected chi connectivity index (χ3v) is 4.30. The Morgan fingerprint density at radius 3 is 2.69 bits per heavy atom. The van der Waals surface area contributed by atoms with Gasteiger partial charge < -0.3 is 4.74 Å². The third-order valence-electron chi connectivity index (χ3n) is 4.00. The van der Waals surface area contributed by atoms with Crippen LogP contribution in [0.25, 0.3) is 10.9 Å². The van der Waals surface area contributed by atoms with E-state index in [1.807, 2.05) is 36.4 Å². The fourth-order valence-corrected chi connectivity index (χ4v) is 2.68. The fourth-order valence-electron chi connectivity index (χ4n) is 2.48. The van der Waals surface area contributed by atoms with Crippen molar-refractivity contribution >= 4 is 34.6 Å². The van der Waals surface area contributed by atoms with E-state index in [0.29, 0.717) is 16.3 Å². The van der Waals surface area contributed by atoms with E-state index in [1.165, 1.54) is 11.8 Å². The van der Waals surface area contributed by atoms with Gasteiger partial charge in [0.15, 0.2) is 0 Å². The van der Waals surface area contributed by atoms with Crippen LogP contribution in [-0.4, -0.2) is 24.2 Å². The molecule has 0 saturated heterocycles. The molecule has 0 radical (unpaired) electrons. The number of halogens is 1. The van der Waals surface area contributed by atoms with Gasteiger partial charge in [-0.25, -0.2) is 10.4 Å². The predicted octanol–water partition coefficient (Wildman–Crippen LogP) is 4.22. The van der Waals surface area contributed by atoms with Crippen molar-refractivity contribution < 1.29 is 9.53 Å². The molecule has 0 aliphatic carbocycles. The Morgan fingerprint density at radius 1 is 1.23 bits per heavy atom. The van der Waals surface area contributed by atoms with Crippen LogP contribution in [0.15, 0.2) is 53.6 Å². The molecule has 1 N–H and O–H groups in total. The highest BCUT2D eigenvalue weighted by Crippen LogP contribution is 2.23. The van der Waals surface area contributed by atoms with Gasteiger partial charge in [0.2, 0.25) is 0 Å². The second-order valence-electron chi connectivity index (χ2n) is 5.68. The smallest absolute Gasteiger partial charge is 0.271 e. The Morgan fingerprint density at radius 2 is 2.00 bits per heavy atom. The number of hydrazone groups is 1. The number of aryl methyl sites for hydroxylation is 1. The van der Waals surface area contributed by atoms with E-state index in [2.05, 4.69) is 22.4 Å². The Kier molecular flexibility index (Phi) is 5.49.